The molecule has 178 valence electrons. The van der Waals surface area contributed by atoms with Gasteiger partial charge in [0, 0.05) is 19.9 Å². The Morgan fingerprint density at radius 1 is 1.15 bits per heavy atom. The van der Waals surface area contributed by atoms with Crippen LogP contribution in [0.1, 0.15) is 64.0 Å². The largest absolute Gasteiger partial charge is 0.454 e. The number of anilines is 1. The molecule has 4 aliphatic rings. The molecule has 1 aliphatic carbocycles. The molecule has 0 bridgehead atoms. The normalized spacial score (nSPS) is 33.1. The highest BCUT2D eigenvalue weighted by Crippen LogP contribution is 2.42. The molecule has 1 aromatic rings. The van der Waals surface area contributed by atoms with Gasteiger partial charge in [-0.1, -0.05) is 19.3 Å². The van der Waals surface area contributed by atoms with Crippen LogP contribution in [0.2, 0.25) is 0 Å². The predicted molar refractivity (Wildman–Crippen MR) is 112 cm³/mol. The van der Waals surface area contributed by atoms with Gasteiger partial charge in [-0.25, -0.2) is 14.8 Å². The summed E-state index contributed by atoms with van der Waals surface area (Å²) in [6, 6.07) is 0.372. The van der Waals surface area contributed by atoms with Gasteiger partial charge in [-0.05, 0) is 12.8 Å². The number of aliphatic imine (C=N–C) groups is 1. The SMILES string of the molecule is CC(=O)O[C@H]1[C@@H]2OC(=O)[C@@H](OC(C)=O)[C@H]2O[C@@H]1n1cnc2c1NC=N[C@H]2NC1CCCCC1. The van der Waals surface area contributed by atoms with Gasteiger partial charge in [-0.3, -0.25) is 19.5 Å². The number of carbonyl (C=O) groups excluding carboxylic acids is 3. The van der Waals surface area contributed by atoms with Crippen molar-refractivity contribution in [3.63, 3.8) is 0 Å². The Morgan fingerprint density at radius 2 is 1.91 bits per heavy atom. The molecular weight excluding hydrogens is 434 g/mol. The first kappa shape index (κ1) is 21.8. The molecular formula is C21H27N5O7. The van der Waals surface area contributed by atoms with E-state index in [9.17, 15) is 14.4 Å². The van der Waals surface area contributed by atoms with Crippen molar-refractivity contribution in [1.29, 1.82) is 0 Å². The molecule has 4 heterocycles. The third kappa shape index (κ3) is 4.08. The molecule has 6 atom stereocenters. The number of hydrogen-bond donors (Lipinski definition) is 2. The summed E-state index contributed by atoms with van der Waals surface area (Å²) in [7, 11) is 0. The number of aromatic nitrogens is 2. The summed E-state index contributed by atoms with van der Waals surface area (Å²) in [6.07, 6.45) is 3.85. The van der Waals surface area contributed by atoms with E-state index in [0.717, 1.165) is 12.8 Å². The van der Waals surface area contributed by atoms with Crippen LogP contribution in [0, 0.1) is 0 Å². The summed E-state index contributed by atoms with van der Waals surface area (Å²) < 4.78 is 23.8. The lowest BCUT2D eigenvalue weighted by molar-refractivity contribution is -0.174. The highest BCUT2D eigenvalue weighted by molar-refractivity contribution is 5.82. The van der Waals surface area contributed by atoms with Gasteiger partial charge in [0.05, 0.1) is 12.7 Å². The van der Waals surface area contributed by atoms with Crippen molar-refractivity contribution in [2.75, 3.05) is 5.32 Å². The van der Waals surface area contributed by atoms with Crippen molar-refractivity contribution in [2.24, 2.45) is 4.99 Å². The zero-order valence-electron chi connectivity index (χ0n) is 18.4. The average molecular weight is 461 g/mol. The van der Waals surface area contributed by atoms with Crippen LogP contribution < -0.4 is 10.6 Å². The zero-order chi connectivity index (χ0) is 23.1. The minimum atomic E-state index is -1.23. The van der Waals surface area contributed by atoms with Gasteiger partial charge in [0.2, 0.25) is 6.10 Å². The van der Waals surface area contributed by atoms with E-state index in [1.807, 2.05) is 0 Å². The van der Waals surface area contributed by atoms with E-state index in [1.54, 1.807) is 17.2 Å². The first-order valence-corrected chi connectivity index (χ1v) is 11.2. The fourth-order valence-electron chi connectivity index (χ4n) is 4.99. The topological polar surface area (TPSA) is 142 Å². The van der Waals surface area contributed by atoms with Crippen molar-refractivity contribution < 1.29 is 33.3 Å². The molecule has 0 spiro atoms. The molecule has 0 aromatic carbocycles. The molecule has 12 heteroatoms. The van der Waals surface area contributed by atoms with Crippen molar-refractivity contribution in [3.8, 4) is 0 Å². The molecule has 3 fully saturated rings. The minimum Gasteiger partial charge on any atom is -0.454 e. The van der Waals surface area contributed by atoms with E-state index < -0.39 is 48.6 Å². The van der Waals surface area contributed by atoms with E-state index >= 15 is 0 Å². The van der Waals surface area contributed by atoms with E-state index in [4.69, 9.17) is 18.9 Å². The second-order valence-corrected chi connectivity index (χ2v) is 8.71. The van der Waals surface area contributed by atoms with Crippen LogP contribution in [-0.2, 0) is 33.3 Å². The Labute approximate surface area is 190 Å². The van der Waals surface area contributed by atoms with E-state index in [-0.39, 0.29) is 6.17 Å². The molecule has 2 N–H and O–H groups in total. The Morgan fingerprint density at radius 3 is 2.64 bits per heavy atom. The summed E-state index contributed by atoms with van der Waals surface area (Å²) in [5, 5.41) is 6.67. The zero-order valence-corrected chi connectivity index (χ0v) is 18.4. The van der Waals surface area contributed by atoms with E-state index in [1.165, 1.54) is 33.1 Å². The Kier molecular flexibility index (Phi) is 5.79. The predicted octanol–water partition coefficient (Wildman–Crippen LogP) is 0.944. The lowest BCUT2D eigenvalue weighted by Crippen LogP contribution is -2.37. The number of esters is 3. The average Bonchev–Trinajstić information content (AvgIpc) is 3.43. The molecule has 0 amide bonds. The molecule has 0 radical (unpaired) electrons. The van der Waals surface area contributed by atoms with Crippen LogP contribution >= 0.6 is 0 Å². The second-order valence-electron chi connectivity index (χ2n) is 8.71. The van der Waals surface area contributed by atoms with Gasteiger partial charge in [-0.2, -0.15) is 0 Å². The smallest absolute Gasteiger partial charge is 0.350 e. The van der Waals surface area contributed by atoms with Crippen LogP contribution in [0.4, 0.5) is 5.82 Å². The van der Waals surface area contributed by atoms with Crippen LogP contribution in [-0.4, -0.2) is 64.3 Å². The number of hydrogen-bond acceptors (Lipinski definition) is 11. The number of imidazole rings is 1. The fourth-order valence-corrected chi connectivity index (χ4v) is 4.99. The van der Waals surface area contributed by atoms with Crippen LogP contribution in [0.5, 0.6) is 0 Å². The number of ether oxygens (including phenoxy) is 4. The molecule has 1 aromatic heterocycles. The molecule has 0 unspecified atom stereocenters. The van der Waals surface area contributed by atoms with E-state index in [0.29, 0.717) is 17.6 Å². The Hall–Kier alpha value is -2.99. The summed E-state index contributed by atoms with van der Waals surface area (Å²) in [4.78, 5) is 44.6. The van der Waals surface area contributed by atoms with Crippen LogP contribution in [0.3, 0.4) is 0 Å². The fraction of sp³-hybridized carbons (Fsp3) is 0.667. The van der Waals surface area contributed by atoms with Crippen LogP contribution in [0.25, 0.3) is 0 Å². The monoisotopic (exact) mass is 461 g/mol. The molecule has 1 saturated carbocycles. The van der Waals surface area contributed by atoms with E-state index in [2.05, 4.69) is 20.6 Å². The number of rotatable bonds is 5. The quantitative estimate of drug-likeness (QED) is 0.480. The lowest BCUT2D eigenvalue weighted by Gasteiger charge is -2.29. The van der Waals surface area contributed by atoms with Crippen molar-refractivity contribution in [2.45, 2.75) is 88.8 Å². The van der Waals surface area contributed by atoms with Crippen LogP contribution in [0.15, 0.2) is 11.3 Å². The summed E-state index contributed by atoms with van der Waals surface area (Å²) in [5.74, 6) is -1.29. The standard InChI is InChI=1S/C21H27N5O7/c1-10(27)30-16-14-15(17(21(29)33-14)31-11(2)28)32-20(16)26-9-24-13-18(22-8-23-19(13)26)25-12-6-4-3-5-7-12/h8-9,12,14-18,20,25H,3-7H2,1-2H3,(H,22,23)/t14-,15+,16+,17+,18+,20+/m1/s1. The minimum absolute atomic E-state index is 0.315. The molecule has 5 rings (SSSR count). The summed E-state index contributed by atoms with van der Waals surface area (Å²) >= 11 is 0. The number of nitrogens with one attached hydrogen (secondary N) is 2. The molecule has 2 saturated heterocycles. The summed E-state index contributed by atoms with van der Waals surface area (Å²) in [5.41, 5.74) is 0.693. The highest BCUT2D eigenvalue weighted by atomic mass is 16.7. The Bertz CT molecular complexity index is 972. The second kappa shape index (κ2) is 8.75. The first-order valence-electron chi connectivity index (χ1n) is 11.2. The summed E-state index contributed by atoms with van der Waals surface area (Å²) in [6.45, 7) is 2.47. The van der Waals surface area contributed by atoms with Gasteiger partial charge in [0.25, 0.3) is 0 Å². The molecule has 12 nitrogen and oxygen atoms in total. The molecule has 3 aliphatic heterocycles. The van der Waals surface area contributed by atoms with Gasteiger partial charge in [0.1, 0.15) is 23.8 Å². The highest BCUT2D eigenvalue weighted by Gasteiger charge is 2.61. The maximum Gasteiger partial charge on any atom is 0.350 e. The van der Waals surface area contributed by atoms with Crippen molar-refractivity contribution >= 4 is 30.1 Å². The number of fused-ring (bicyclic) bond motifs is 2. The third-order valence-corrected chi connectivity index (χ3v) is 6.38. The lowest BCUT2D eigenvalue weighted by atomic mass is 9.95. The van der Waals surface area contributed by atoms with Gasteiger partial charge in [0.15, 0.2) is 18.4 Å². The van der Waals surface area contributed by atoms with Gasteiger partial charge >= 0.3 is 17.9 Å². The maximum atomic E-state index is 12.2. The molecule has 33 heavy (non-hydrogen) atoms. The Balaban J connectivity index is 1.41. The number of nitrogens with zero attached hydrogens (tertiary/aromatic N) is 3. The third-order valence-electron chi connectivity index (χ3n) is 6.38. The van der Waals surface area contributed by atoms with Crippen molar-refractivity contribution in [1.82, 2.24) is 14.9 Å². The first-order chi connectivity index (χ1) is 15.9. The number of carbonyl (C=O) groups is 3. The maximum absolute atomic E-state index is 12.2. The van der Waals surface area contributed by atoms with Gasteiger partial charge in [-0.15, -0.1) is 0 Å². The van der Waals surface area contributed by atoms with Gasteiger partial charge < -0.3 is 24.3 Å². The van der Waals surface area contributed by atoms with Crippen molar-refractivity contribution in [3.05, 3.63) is 12.0 Å².